The van der Waals surface area contributed by atoms with Gasteiger partial charge in [-0.15, -0.1) is 11.3 Å². The number of methoxy groups -OCH3 is 2. The summed E-state index contributed by atoms with van der Waals surface area (Å²) in [7, 11) is -0.486. The number of nitrogens with one attached hydrogen (secondary N) is 1. The van der Waals surface area contributed by atoms with Gasteiger partial charge in [0, 0.05) is 12.0 Å². The Hall–Kier alpha value is -1.41. The van der Waals surface area contributed by atoms with Crippen molar-refractivity contribution in [3.05, 3.63) is 46.3 Å². The highest BCUT2D eigenvalue weighted by atomic mass is 32.2. The second kappa shape index (κ2) is 7.44. The van der Waals surface area contributed by atoms with Crippen molar-refractivity contribution in [2.75, 3.05) is 20.8 Å². The van der Waals surface area contributed by atoms with Crippen LogP contribution in [0.1, 0.15) is 22.0 Å². The Morgan fingerprint density at radius 2 is 1.96 bits per heavy atom. The minimum absolute atomic E-state index is 0.232. The molecule has 5 nitrogen and oxygen atoms in total. The van der Waals surface area contributed by atoms with Crippen LogP contribution in [-0.4, -0.2) is 29.2 Å². The van der Waals surface area contributed by atoms with E-state index in [1.807, 2.05) is 32.0 Å². The molecule has 0 radical (unpaired) electrons. The highest BCUT2D eigenvalue weighted by molar-refractivity contribution is 7.91. The van der Waals surface area contributed by atoms with Crippen LogP contribution in [0.15, 0.2) is 34.5 Å². The molecule has 0 amide bonds. The minimum atomic E-state index is -3.60. The maximum absolute atomic E-state index is 12.6. The number of thiophene rings is 1. The van der Waals surface area contributed by atoms with Gasteiger partial charge in [-0.1, -0.05) is 12.1 Å². The number of benzene rings is 1. The molecule has 1 aromatic heterocycles. The second-order valence-corrected chi connectivity index (χ2v) is 8.41. The Labute approximate surface area is 141 Å². The molecule has 2 aromatic rings. The van der Waals surface area contributed by atoms with Gasteiger partial charge in [-0.3, -0.25) is 0 Å². The maximum Gasteiger partial charge on any atom is 0.250 e. The molecule has 0 spiro atoms. The van der Waals surface area contributed by atoms with E-state index < -0.39 is 16.1 Å². The number of rotatable bonds is 7. The van der Waals surface area contributed by atoms with E-state index in [1.54, 1.807) is 26.4 Å². The molecule has 1 unspecified atom stereocenters. The lowest BCUT2D eigenvalue weighted by Gasteiger charge is -2.18. The van der Waals surface area contributed by atoms with E-state index in [0.29, 0.717) is 9.96 Å². The smallest absolute Gasteiger partial charge is 0.250 e. The van der Waals surface area contributed by atoms with Gasteiger partial charge >= 0.3 is 0 Å². The Balaban J connectivity index is 2.31. The molecule has 1 heterocycles. The minimum Gasteiger partial charge on any atom is -0.497 e. The Bertz CT molecular complexity index is 749. The van der Waals surface area contributed by atoms with Crippen molar-refractivity contribution >= 4 is 21.4 Å². The van der Waals surface area contributed by atoms with E-state index in [1.165, 1.54) is 11.3 Å². The predicted molar refractivity (Wildman–Crippen MR) is 91.7 cm³/mol. The zero-order valence-corrected chi connectivity index (χ0v) is 15.3. The molecule has 0 fully saturated rings. The van der Waals surface area contributed by atoms with E-state index >= 15 is 0 Å². The fourth-order valence-corrected chi connectivity index (χ4v) is 4.88. The van der Waals surface area contributed by atoms with Crippen molar-refractivity contribution in [3.8, 4) is 5.75 Å². The quantitative estimate of drug-likeness (QED) is 0.829. The van der Waals surface area contributed by atoms with Crippen LogP contribution < -0.4 is 9.46 Å². The third kappa shape index (κ3) is 4.32. The summed E-state index contributed by atoms with van der Waals surface area (Å²) in [5.74, 6) is 0.672. The third-order valence-electron chi connectivity index (χ3n) is 3.54. The molecule has 1 atom stereocenters. The van der Waals surface area contributed by atoms with Gasteiger partial charge in [-0.05, 0) is 43.2 Å². The van der Waals surface area contributed by atoms with E-state index in [-0.39, 0.29) is 6.61 Å². The van der Waals surface area contributed by atoms with Gasteiger partial charge in [-0.25, -0.2) is 13.1 Å². The molecule has 7 heteroatoms. The zero-order valence-electron chi connectivity index (χ0n) is 13.6. The van der Waals surface area contributed by atoms with Crippen LogP contribution in [0, 0.1) is 13.8 Å². The molecular formula is C16H21NO4S2. The molecule has 1 N–H and O–H groups in total. The topological polar surface area (TPSA) is 64.6 Å². The molecule has 0 aliphatic heterocycles. The van der Waals surface area contributed by atoms with Crippen LogP contribution in [-0.2, 0) is 14.8 Å². The van der Waals surface area contributed by atoms with E-state index in [0.717, 1.165) is 16.0 Å². The normalized spacial score (nSPS) is 13.0. The fourth-order valence-electron chi connectivity index (χ4n) is 2.14. The molecule has 126 valence electrons. The summed E-state index contributed by atoms with van der Waals surface area (Å²) < 4.78 is 38.7. The highest BCUT2D eigenvalue weighted by Crippen LogP contribution is 2.27. The zero-order chi connectivity index (χ0) is 17.0. The molecule has 0 bridgehead atoms. The maximum atomic E-state index is 12.6. The highest BCUT2D eigenvalue weighted by Gasteiger charge is 2.23. The van der Waals surface area contributed by atoms with Crippen LogP contribution in [0.2, 0.25) is 0 Å². The summed E-state index contributed by atoms with van der Waals surface area (Å²) in [6.45, 7) is 4.04. The van der Waals surface area contributed by atoms with Gasteiger partial charge in [0.25, 0.3) is 10.0 Å². The van der Waals surface area contributed by atoms with Gasteiger partial charge in [0.15, 0.2) is 0 Å². The van der Waals surface area contributed by atoms with E-state index in [4.69, 9.17) is 9.47 Å². The number of aryl methyl sites for hydroxylation is 2. The summed E-state index contributed by atoms with van der Waals surface area (Å²) in [4.78, 5) is 0.995. The lowest BCUT2D eigenvalue weighted by Crippen LogP contribution is -2.31. The number of ether oxygens (including phenoxy) is 2. The van der Waals surface area contributed by atoms with Crippen molar-refractivity contribution in [1.29, 1.82) is 0 Å². The van der Waals surface area contributed by atoms with E-state index in [9.17, 15) is 8.42 Å². The van der Waals surface area contributed by atoms with Crippen LogP contribution in [0.25, 0.3) is 0 Å². The molecular weight excluding hydrogens is 334 g/mol. The Kier molecular flexibility index (Phi) is 5.80. The Morgan fingerprint density at radius 3 is 2.52 bits per heavy atom. The van der Waals surface area contributed by atoms with Crippen molar-refractivity contribution in [2.45, 2.75) is 24.1 Å². The van der Waals surface area contributed by atoms with Crippen molar-refractivity contribution in [1.82, 2.24) is 4.72 Å². The number of hydrogen-bond acceptors (Lipinski definition) is 5. The van der Waals surface area contributed by atoms with Gasteiger partial charge in [0.05, 0.1) is 19.8 Å². The first kappa shape index (κ1) is 17.9. The number of hydrogen-bond donors (Lipinski definition) is 1. The molecule has 0 aliphatic carbocycles. The first-order valence-corrected chi connectivity index (χ1v) is 9.39. The average Bonchev–Trinajstić information content (AvgIpc) is 2.87. The molecule has 0 saturated carbocycles. The summed E-state index contributed by atoms with van der Waals surface area (Å²) >= 11 is 1.27. The van der Waals surface area contributed by atoms with Crippen molar-refractivity contribution in [3.63, 3.8) is 0 Å². The monoisotopic (exact) mass is 355 g/mol. The summed E-state index contributed by atoms with van der Waals surface area (Å²) in [6, 6.07) is 8.50. The average molecular weight is 355 g/mol. The second-order valence-electron chi connectivity index (χ2n) is 5.21. The van der Waals surface area contributed by atoms with Crippen LogP contribution in [0.4, 0.5) is 0 Å². The lowest BCUT2D eigenvalue weighted by atomic mass is 10.1. The summed E-state index contributed by atoms with van der Waals surface area (Å²) in [5, 5.41) is 0. The summed E-state index contributed by atoms with van der Waals surface area (Å²) in [5.41, 5.74) is 1.76. The Morgan fingerprint density at radius 1 is 1.22 bits per heavy atom. The van der Waals surface area contributed by atoms with Crippen molar-refractivity contribution < 1.29 is 17.9 Å². The fraction of sp³-hybridized carbons (Fsp3) is 0.375. The largest absolute Gasteiger partial charge is 0.497 e. The van der Waals surface area contributed by atoms with Crippen LogP contribution in [0.3, 0.4) is 0 Å². The molecule has 23 heavy (non-hydrogen) atoms. The van der Waals surface area contributed by atoms with Gasteiger partial charge in [-0.2, -0.15) is 0 Å². The van der Waals surface area contributed by atoms with Crippen LogP contribution in [0.5, 0.6) is 5.75 Å². The van der Waals surface area contributed by atoms with E-state index in [2.05, 4.69) is 4.72 Å². The molecule has 1 aromatic carbocycles. The number of sulfonamides is 1. The van der Waals surface area contributed by atoms with Crippen molar-refractivity contribution in [2.24, 2.45) is 0 Å². The first-order valence-electron chi connectivity index (χ1n) is 7.09. The first-order chi connectivity index (χ1) is 10.9. The summed E-state index contributed by atoms with van der Waals surface area (Å²) in [6.07, 6.45) is 0. The lowest BCUT2D eigenvalue weighted by molar-refractivity contribution is 0.175. The van der Waals surface area contributed by atoms with Gasteiger partial charge in [0.1, 0.15) is 9.96 Å². The SMILES string of the molecule is COCC(NS(=O)(=O)c1cc(C)c(C)s1)c1cccc(OC)c1. The predicted octanol–water partition coefficient (Wildman–Crippen LogP) is 3.04. The molecule has 0 saturated heterocycles. The van der Waals surface area contributed by atoms with Crippen LogP contribution >= 0.6 is 11.3 Å². The molecule has 2 rings (SSSR count). The van der Waals surface area contributed by atoms with Gasteiger partial charge in [0.2, 0.25) is 0 Å². The third-order valence-corrected chi connectivity index (χ3v) is 6.63. The van der Waals surface area contributed by atoms with Gasteiger partial charge < -0.3 is 9.47 Å². The standard InChI is InChI=1S/C16H21NO4S2/c1-11-8-16(22-12(11)2)23(18,19)17-15(10-20-3)13-6-5-7-14(9-13)21-4/h5-9,15,17H,10H2,1-4H3. The molecule has 0 aliphatic rings.